The number of benzene rings is 1. The zero-order valence-electron chi connectivity index (χ0n) is 12.4. The van der Waals surface area contributed by atoms with Crippen molar-refractivity contribution in [2.75, 3.05) is 12.3 Å². The number of aromatic nitrogens is 2. The van der Waals surface area contributed by atoms with Gasteiger partial charge in [-0.3, -0.25) is 0 Å². The summed E-state index contributed by atoms with van der Waals surface area (Å²) in [7, 11) is 0. The fourth-order valence-corrected chi connectivity index (χ4v) is 3.08. The standard InChI is InChI=1S/C17H23N3O/c18-15-6-8-16(9-7-15)21-11-10-20-13-19-12-17(20)14-4-2-1-3-5-14/h6-9,12-14H,1-5,10-11,18H2. The minimum atomic E-state index is 0.653. The van der Waals surface area contributed by atoms with Crippen LogP contribution in [0, 0.1) is 0 Å². The van der Waals surface area contributed by atoms with Crippen molar-refractivity contribution < 1.29 is 4.74 Å². The summed E-state index contributed by atoms with van der Waals surface area (Å²) in [5.41, 5.74) is 7.80. The summed E-state index contributed by atoms with van der Waals surface area (Å²) in [4.78, 5) is 4.33. The number of rotatable bonds is 5. The van der Waals surface area contributed by atoms with Crippen LogP contribution in [0.3, 0.4) is 0 Å². The lowest BCUT2D eigenvalue weighted by atomic mass is 9.87. The summed E-state index contributed by atoms with van der Waals surface area (Å²) in [6.45, 7) is 1.50. The van der Waals surface area contributed by atoms with Crippen LogP contribution >= 0.6 is 0 Å². The number of anilines is 1. The van der Waals surface area contributed by atoms with E-state index in [4.69, 9.17) is 10.5 Å². The van der Waals surface area contributed by atoms with Crippen molar-refractivity contribution in [3.05, 3.63) is 42.5 Å². The molecule has 0 bridgehead atoms. The van der Waals surface area contributed by atoms with Gasteiger partial charge >= 0.3 is 0 Å². The second-order valence-corrected chi connectivity index (χ2v) is 5.76. The summed E-state index contributed by atoms with van der Waals surface area (Å²) in [5, 5.41) is 0. The van der Waals surface area contributed by atoms with Gasteiger partial charge in [-0.2, -0.15) is 0 Å². The maximum absolute atomic E-state index is 5.77. The topological polar surface area (TPSA) is 53.1 Å². The summed E-state index contributed by atoms with van der Waals surface area (Å²) >= 11 is 0. The molecule has 1 aromatic heterocycles. The Hall–Kier alpha value is -1.97. The third-order valence-electron chi connectivity index (χ3n) is 4.25. The van der Waals surface area contributed by atoms with E-state index in [9.17, 15) is 0 Å². The van der Waals surface area contributed by atoms with Crippen molar-refractivity contribution in [1.82, 2.24) is 9.55 Å². The second-order valence-electron chi connectivity index (χ2n) is 5.76. The Morgan fingerprint density at radius 2 is 1.90 bits per heavy atom. The average molecular weight is 285 g/mol. The van der Waals surface area contributed by atoms with Crippen LogP contribution in [0.1, 0.15) is 43.7 Å². The molecule has 4 heteroatoms. The first-order valence-electron chi connectivity index (χ1n) is 7.81. The fraction of sp³-hybridized carbons (Fsp3) is 0.471. The molecular weight excluding hydrogens is 262 g/mol. The molecule has 2 N–H and O–H groups in total. The molecular formula is C17H23N3O. The molecule has 0 unspecified atom stereocenters. The minimum absolute atomic E-state index is 0.653. The van der Waals surface area contributed by atoms with E-state index in [2.05, 4.69) is 9.55 Å². The van der Waals surface area contributed by atoms with Gasteiger partial charge in [0.25, 0.3) is 0 Å². The van der Waals surface area contributed by atoms with Gasteiger partial charge in [0, 0.05) is 23.5 Å². The Morgan fingerprint density at radius 3 is 2.67 bits per heavy atom. The number of ether oxygens (including phenoxy) is 1. The largest absolute Gasteiger partial charge is 0.492 e. The zero-order valence-corrected chi connectivity index (χ0v) is 12.4. The third kappa shape index (κ3) is 3.57. The Morgan fingerprint density at radius 1 is 1.14 bits per heavy atom. The predicted octanol–water partition coefficient (Wildman–Crippen LogP) is 3.59. The van der Waals surface area contributed by atoms with Crippen LogP contribution in [0.25, 0.3) is 0 Å². The van der Waals surface area contributed by atoms with Gasteiger partial charge in [-0.25, -0.2) is 4.98 Å². The first kappa shape index (κ1) is 14.0. The van der Waals surface area contributed by atoms with Crippen LogP contribution in [-0.2, 0) is 6.54 Å². The second kappa shape index (κ2) is 6.66. The molecule has 0 amide bonds. The SMILES string of the molecule is Nc1ccc(OCCn2cncc2C2CCCCC2)cc1. The minimum Gasteiger partial charge on any atom is -0.492 e. The van der Waals surface area contributed by atoms with E-state index in [-0.39, 0.29) is 0 Å². The summed E-state index contributed by atoms with van der Waals surface area (Å²) in [5.74, 6) is 1.54. The van der Waals surface area contributed by atoms with Gasteiger partial charge in [0.15, 0.2) is 0 Å². The molecule has 2 aromatic rings. The molecule has 3 rings (SSSR count). The van der Waals surface area contributed by atoms with Gasteiger partial charge in [-0.1, -0.05) is 19.3 Å². The molecule has 21 heavy (non-hydrogen) atoms. The van der Waals surface area contributed by atoms with Crippen LogP contribution < -0.4 is 10.5 Å². The number of nitrogen functional groups attached to an aromatic ring is 1. The van der Waals surface area contributed by atoms with Crippen molar-refractivity contribution in [3.8, 4) is 5.75 Å². The van der Waals surface area contributed by atoms with E-state index < -0.39 is 0 Å². The number of hydrogen-bond acceptors (Lipinski definition) is 3. The van der Waals surface area contributed by atoms with Crippen molar-refractivity contribution in [2.24, 2.45) is 0 Å². The summed E-state index contributed by atoms with van der Waals surface area (Å²) in [6.07, 6.45) is 10.6. The molecule has 1 heterocycles. The first-order chi connectivity index (χ1) is 10.3. The van der Waals surface area contributed by atoms with E-state index in [1.54, 1.807) is 0 Å². The molecule has 1 aliphatic rings. The average Bonchev–Trinajstić information content (AvgIpc) is 2.99. The highest BCUT2D eigenvalue weighted by molar-refractivity contribution is 5.41. The molecule has 1 saturated carbocycles. The van der Waals surface area contributed by atoms with Gasteiger partial charge in [-0.15, -0.1) is 0 Å². The number of nitrogens with two attached hydrogens (primary N) is 1. The molecule has 1 fully saturated rings. The van der Waals surface area contributed by atoms with Gasteiger partial charge in [0.2, 0.25) is 0 Å². The molecule has 0 radical (unpaired) electrons. The molecule has 112 valence electrons. The Kier molecular flexibility index (Phi) is 4.43. The Bertz CT molecular complexity index is 556. The van der Waals surface area contributed by atoms with Gasteiger partial charge in [-0.05, 0) is 37.1 Å². The first-order valence-corrected chi connectivity index (χ1v) is 7.81. The maximum Gasteiger partial charge on any atom is 0.119 e. The highest BCUT2D eigenvalue weighted by atomic mass is 16.5. The van der Waals surface area contributed by atoms with Crippen LogP contribution in [0.4, 0.5) is 5.69 Å². The third-order valence-corrected chi connectivity index (χ3v) is 4.25. The summed E-state index contributed by atoms with van der Waals surface area (Å²) in [6, 6.07) is 7.54. The van der Waals surface area contributed by atoms with E-state index in [0.717, 1.165) is 18.0 Å². The maximum atomic E-state index is 5.77. The van der Waals surface area contributed by atoms with Gasteiger partial charge < -0.3 is 15.0 Å². The monoisotopic (exact) mass is 285 g/mol. The molecule has 0 saturated heterocycles. The zero-order chi connectivity index (χ0) is 14.5. The smallest absolute Gasteiger partial charge is 0.119 e. The van der Waals surface area contributed by atoms with Crippen molar-refractivity contribution in [2.45, 2.75) is 44.6 Å². The van der Waals surface area contributed by atoms with E-state index in [0.29, 0.717) is 12.5 Å². The molecule has 1 aromatic carbocycles. The van der Waals surface area contributed by atoms with E-state index >= 15 is 0 Å². The molecule has 0 spiro atoms. The lowest BCUT2D eigenvalue weighted by Gasteiger charge is -2.22. The molecule has 0 atom stereocenters. The summed E-state index contributed by atoms with van der Waals surface area (Å²) < 4.78 is 8.02. The van der Waals surface area contributed by atoms with Crippen molar-refractivity contribution in [3.63, 3.8) is 0 Å². The number of imidazole rings is 1. The quantitative estimate of drug-likeness (QED) is 0.854. The number of hydrogen-bond donors (Lipinski definition) is 1. The van der Waals surface area contributed by atoms with Crippen LogP contribution in [-0.4, -0.2) is 16.2 Å². The van der Waals surface area contributed by atoms with Crippen LogP contribution in [0.2, 0.25) is 0 Å². The lowest BCUT2D eigenvalue weighted by Crippen LogP contribution is -2.14. The lowest BCUT2D eigenvalue weighted by molar-refractivity contribution is 0.293. The van der Waals surface area contributed by atoms with Crippen molar-refractivity contribution >= 4 is 5.69 Å². The molecule has 4 nitrogen and oxygen atoms in total. The fourth-order valence-electron chi connectivity index (χ4n) is 3.08. The van der Waals surface area contributed by atoms with Crippen LogP contribution in [0.15, 0.2) is 36.8 Å². The van der Waals surface area contributed by atoms with E-state index in [1.807, 2.05) is 36.8 Å². The molecule has 0 aliphatic heterocycles. The highest BCUT2D eigenvalue weighted by Gasteiger charge is 2.18. The highest BCUT2D eigenvalue weighted by Crippen LogP contribution is 2.32. The molecule has 1 aliphatic carbocycles. The van der Waals surface area contributed by atoms with Crippen LogP contribution in [0.5, 0.6) is 5.75 Å². The van der Waals surface area contributed by atoms with Gasteiger partial charge in [0.1, 0.15) is 12.4 Å². The number of nitrogens with zero attached hydrogens (tertiary/aromatic N) is 2. The van der Waals surface area contributed by atoms with Crippen molar-refractivity contribution in [1.29, 1.82) is 0 Å². The normalized spacial score (nSPS) is 16.0. The Balaban J connectivity index is 1.55. The van der Waals surface area contributed by atoms with Gasteiger partial charge in [0.05, 0.1) is 12.9 Å². The predicted molar refractivity (Wildman–Crippen MR) is 84.4 cm³/mol. The van der Waals surface area contributed by atoms with E-state index in [1.165, 1.54) is 37.8 Å². The Labute approximate surface area is 125 Å².